The predicted molar refractivity (Wildman–Crippen MR) is 38.5 cm³/mol. The third-order valence-corrected chi connectivity index (χ3v) is 1.39. The second-order valence-corrected chi connectivity index (χ2v) is 2.26. The summed E-state index contributed by atoms with van der Waals surface area (Å²) in [6, 6.07) is 0. The zero-order valence-electron chi connectivity index (χ0n) is 5.84. The van der Waals surface area contributed by atoms with Gasteiger partial charge in [0, 0.05) is 0 Å². The van der Waals surface area contributed by atoms with Crippen LogP contribution in [0.1, 0.15) is 19.8 Å². The topological polar surface area (TPSA) is 46.5 Å². The Hall–Kier alpha value is -0.440. The Kier molecular flexibility index (Phi) is 5.12. The van der Waals surface area contributed by atoms with Gasteiger partial charge in [0.15, 0.2) is 0 Å². The van der Waals surface area contributed by atoms with Gasteiger partial charge in [0.25, 0.3) is 0 Å². The highest BCUT2D eigenvalue weighted by molar-refractivity contribution is 6.18. The summed E-state index contributed by atoms with van der Waals surface area (Å²) >= 11 is 5.40. The van der Waals surface area contributed by atoms with Crippen LogP contribution in [-0.4, -0.2) is 23.2 Å². The lowest BCUT2D eigenvalue weighted by Gasteiger charge is -2.10. The molecule has 60 valence electrons. The second kappa shape index (κ2) is 5.35. The first-order valence-electron chi connectivity index (χ1n) is 3.16. The van der Waals surface area contributed by atoms with E-state index >= 15 is 0 Å². The number of hydrogen-bond donors (Lipinski definition) is 1. The van der Waals surface area contributed by atoms with E-state index < -0.39 is 6.16 Å². The third kappa shape index (κ3) is 4.44. The summed E-state index contributed by atoms with van der Waals surface area (Å²) in [6.45, 7) is 1.95. The van der Waals surface area contributed by atoms with E-state index in [0.29, 0.717) is 6.42 Å². The molecule has 0 aliphatic heterocycles. The van der Waals surface area contributed by atoms with Crippen LogP contribution in [-0.2, 0) is 4.74 Å². The van der Waals surface area contributed by atoms with Gasteiger partial charge in [0.2, 0.25) is 0 Å². The number of alkyl halides is 1. The normalized spacial score (nSPS) is 12.6. The van der Waals surface area contributed by atoms with E-state index in [1.807, 2.05) is 6.92 Å². The number of carbonyl (C=O) groups is 1. The van der Waals surface area contributed by atoms with Crippen LogP contribution in [0.5, 0.6) is 0 Å². The lowest BCUT2D eigenvalue weighted by molar-refractivity contribution is 0.0568. The molecule has 0 spiro atoms. The quantitative estimate of drug-likeness (QED) is 0.514. The van der Waals surface area contributed by atoms with Gasteiger partial charge in [-0.2, -0.15) is 0 Å². The molecular formula is C6H11ClO3. The van der Waals surface area contributed by atoms with E-state index in [2.05, 4.69) is 4.74 Å². The van der Waals surface area contributed by atoms with Crippen LogP contribution in [0.4, 0.5) is 4.79 Å². The second-order valence-electron chi connectivity index (χ2n) is 1.95. The molecule has 4 heteroatoms. The summed E-state index contributed by atoms with van der Waals surface area (Å²) in [5, 5.41) is 8.16. The van der Waals surface area contributed by atoms with Crippen molar-refractivity contribution in [1.29, 1.82) is 0 Å². The smallest absolute Gasteiger partial charge is 0.450 e. The van der Waals surface area contributed by atoms with Crippen molar-refractivity contribution < 1.29 is 14.6 Å². The van der Waals surface area contributed by atoms with Gasteiger partial charge < -0.3 is 9.84 Å². The van der Waals surface area contributed by atoms with E-state index in [9.17, 15) is 4.79 Å². The Morgan fingerprint density at radius 3 is 2.70 bits per heavy atom. The number of rotatable bonds is 4. The largest absolute Gasteiger partial charge is 0.506 e. The molecule has 1 unspecified atom stereocenters. The van der Waals surface area contributed by atoms with Crippen molar-refractivity contribution >= 4 is 17.8 Å². The summed E-state index contributed by atoms with van der Waals surface area (Å²) < 4.78 is 4.42. The van der Waals surface area contributed by atoms with E-state index in [1.54, 1.807) is 0 Å². The standard InChI is InChI=1S/C6H11ClO3/c1-2-3-5(4-7)10-6(8)9/h5H,2-4H2,1H3,(H,8,9). The molecule has 1 atom stereocenters. The van der Waals surface area contributed by atoms with Crippen molar-refractivity contribution in [3.8, 4) is 0 Å². The minimum atomic E-state index is -1.25. The molecule has 3 nitrogen and oxygen atoms in total. The Labute approximate surface area is 64.9 Å². The molecule has 1 N–H and O–H groups in total. The Balaban J connectivity index is 3.49. The van der Waals surface area contributed by atoms with Gasteiger partial charge in [-0.3, -0.25) is 0 Å². The third-order valence-electron chi connectivity index (χ3n) is 1.05. The van der Waals surface area contributed by atoms with Crippen LogP contribution in [0.25, 0.3) is 0 Å². The minimum Gasteiger partial charge on any atom is -0.450 e. The zero-order valence-corrected chi connectivity index (χ0v) is 6.60. The molecule has 0 saturated carbocycles. The molecule has 0 aromatic carbocycles. The molecule has 0 aliphatic rings. The molecule has 0 aliphatic carbocycles. The lowest BCUT2D eigenvalue weighted by Crippen LogP contribution is -2.17. The molecular weight excluding hydrogens is 156 g/mol. The molecule has 0 radical (unpaired) electrons. The number of hydrogen-bond acceptors (Lipinski definition) is 2. The minimum absolute atomic E-state index is 0.236. The average Bonchev–Trinajstić information content (AvgIpc) is 1.86. The van der Waals surface area contributed by atoms with Gasteiger partial charge in [-0.1, -0.05) is 13.3 Å². The molecule has 10 heavy (non-hydrogen) atoms. The van der Waals surface area contributed by atoms with Crippen LogP contribution in [0, 0.1) is 0 Å². The van der Waals surface area contributed by atoms with Crippen molar-refractivity contribution in [3.63, 3.8) is 0 Å². The van der Waals surface area contributed by atoms with Crippen molar-refractivity contribution in [3.05, 3.63) is 0 Å². The SMILES string of the molecule is CCCC(CCl)OC(=O)O. The van der Waals surface area contributed by atoms with Crippen LogP contribution >= 0.6 is 11.6 Å². The van der Waals surface area contributed by atoms with Crippen molar-refractivity contribution in [2.45, 2.75) is 25.9 Å². The van der Waals surface area contributed by atoms with Crippen molar-refractivity contribution in [2.75, 3.05) is 5.88 Å². The van der Waals surface area contributed by atoms with Crippen molar-refractivity contribution in [1.82, 2.24) is 0 Å². The number of carboxylic acid groups (broad SMARTS) is 1. The van der Waals surface area contributed by atoms with Crippen LogP contribution in [0.15, 0.2) is 0 Å². The molecule has 0 aromatic rings. The Morgan fingerprint density at radius 2 is 2.40 bits per heavy atom. The molecule has 0 aromatic heterocycles. The first kappa shape index (κ1) is 9.56. The van der Waals surface area contributed by atoms with Crippen LogP contribution < -0.4 is 0 Å². The molecule has 0 fully saturated rings. The highest BCUT2D eigenvalue weighted by atomic mass is 35.5. The predicted octanol–water partition coefficient (Wildman–Crippen LogP) is 2.09. The average molecular weight is 167 g/mol. The molecule has 0 saturated heterocycles. The first-order valence-corrected chi connectivity index (χ1v) is 3.69. The number of halogens is 1. The first-order chi connectivity index (χ1) is 4.70. The monoisotopic (exact) mass is 166 g/mol. The van der Waals surface area contributed by atoms with Gasteiger partial charge in [0.05, 0.1) is 5.88 Å². The molecule has 0 rings (SSSR count). The van der Waals surface area contributed by atoms with E-state index in [1.165, 1.54) is 0 Å². The summed E-state index contributed by atoms with van der Waals surface area (Å²) in [7, 11) is 0. The highest BCUT2D eigenvalue weighted by Crippen LogP contribution is 2.03. The maximum absolute atomic E-state index is 9.96. The molecule has 0 bridgehead atoms. The van der Waals surface area contributed by atoms with E-state index in [4.69, 9.17) is 16.7 Å². The lowest BCUT2D eigenvalue weighted by atomic mass is 10.2. The summed E-state index contributed by atoms with van der Waals surface area (Å²) in [5.41, 5.74) is 0. The fraction of sp³-hybridized carbons (Fsp3) is 0.833. The van der Waals surface area contributed by atoms with Crippen LogP contribution in [0.3, 0.4) is 0 Å². The van der Waals surface area contributed by atoms with Gasteiger partial charge in [-0.15, -0.1) is 11.6 Å². The van der Waals surface area contributed by atoms with E-state index in [-0.39, 0.29) is 12.0 Å². The van der Waals surface area contributed by atoms with E-state index in [0.717, 1.165) is 6.42 Å². The fourth-order valence-corrected chi connectivity index (χ4v) is 0.849. The molecule has 0 amide bonds. The summed E-state index contributed by atoms with van der Waals surface area (Å²) in [6.07, 6.45) is -0.0243. The fourth-order valence-electron chi connectivity index (χ4n) is 0.632. The highest BCUT2D eigenvalue weighted by Gasteiger charge is 2.09. The van der Waals surface area contributed by atoms with Gasteiger partial charge in [-0.25, -0.2) is 4.79 Å². The van der Waals surface area contributed by atoms with Crippen LogP contribution in [0.2, 0.25) is 0 Å². The molecule has 0 heterocycles. The summed E-state index contributed by atoms with van der Waals surface area (Å²) in [5.74, 6) is 0.236. The number of ether oxygens (including phenoxy) is 1. The van der Waals surface area contributed by atoms with Gasteiger partial charge >= 0.3 is 6.16 Å². The zero-order chi connectivity index (χ0) is 7.98. The maximum atomic E-state index is 9.96. The Morgan fingerprint density at radius 1 is 1.80 bits per heavy atom. The van der Waals surface area contributed by atoms with Gasteiger partial charge in [-0.05, 0) is 6.42 Å². The summed E-state index contributed by atoms with van der Waals surface area (Å²) in [4.78, 5) is 9.96. The van der Waals surface area contributed by atoms with Crippen molar-refractivity contribution in [2.24, 2.45) is 0 Å². The Bertz CT molecular complexity index is 105. The van der Waals surface area contributed by atoms with Gasteiger partial charge in [0.1, 0.15) is 6.10 Å². The maximum Gasteiger partial charge on any atom is 0.506 e.